The zero-order valence-corrected chi connectivity index (χ0v) is 18.8. The van der Waals surface area contributed by atoms with Crippen LogP contribution in [0.15, 0.2) is 82.2 Å². The fraction of sp³-hybridized carbons (Fsp3) is 0.136. The average molecular weight is 486 g/mol. The summed E-state index contributed by atoms with van der Waals surface area (Å²) in [5, 5.41) is 0. The van der Waals surface area contributed by atoms with Crippen LogP contribution in [-0.2, 0) is 17.1 Å². The number of para-hydroxylation sites is 2. The minimum atomic E-state index is -3.93. The van der Waals surface area contributed by atoms with Crippen LogP contribution in [0, 0.1) is 0 Å². The summed E-state index contributed by atoms with van der Waals surface area (Å²) in [6.07, 6.45) is 0. The van der Waals surface area contributed by atoms with E-state index < -0.39 is 16.1 Å². The smallest absolute Gasteiger partial charge is 0.245 e. The van der Waals surface area contributed by atoms with Gasteiger partial charge in [0.2, 0.25) is 10.0 Å². The fourth-order valence-electron chi connectivity index (χ4n) is 3.42. The highest BCUT2D eigenvalue weighted by molar-refractivity contribution is 9.10. The van der Waals surface area contributed by atoms with E-state index in [1.165, 1.54) is 13.2 Å². The van der Waals surface area contributed by atoms with E-state index in [1.807, 2.05) is 66.2 Å². The van der Waals surface area contributed by atoms with Gasteiger partial charge in [-0.15, -0.1) is 0 Å². The Balaban J connectivity index is 1.86. The Kier molecular flexibility index (Phi) is 5.64. The van der Waals surface area contributed by atoms with Crippen molar-refractivity contribution in [2.45, 2.75) is 10.9 Å². The molecular weight excluding hydrogens is 466 g/mol. The second-order valence-corrected chi connectivity index (χ2v) is 9.38. The second-order valence-electron chi connectivity index (χ2n) is 6.78. The molecular formula is C22H20BrN3O3S. The van der Waals surface area contributed by atoms with Gasteiger partial charge in [-0.05, 0) is 35.9 Å². The van der Waals surface area contributed by atoms with Gasteiger partial charge in [0.05, 0.1) is 18.1 Å². The lowest BCUT2D eigenvalue weighted by atomic mass is 10.1. The van der Waals surface area contributed by atoms with Crippen molar-refractivity contribution < 1.29 is 13.2 Å². The van der Waals surface area contributed by atoms with Crippen molar-refractivity contribution in [3.8, 4) is 5.75 Å². The van der Waals surface area contributed by atoms with Crippen LogP contribution >= 0.6 is 15.9 Å². The third kappa shape index (κ3) is 3.86. The Morgan fingerprint density at radius 2 is 1.73 bits per heavy atom. The minimum absolute atomic E-state index is 0.0547. The van der Waals surface area contributed by atoms with Crippen LogP contribution in [0.5, 0.6) is 5.75 Å². The molecule has 0 aliphatic rings. The maximum atomic E-state index is 13.4. The van der Waals surface area contributed by atoms with E-state index in [0.717, 1.165) is 16.6 Å². The van der Waals surface area contributed by atoms with Crippen LogP contribution in [0.3, 0.4) is 0 Å². The van der Waals surface area contributed by atoms with Gasteiger partial charge in [0.15, 0.2) is 0 Å². The molecule has 30 heavy (non-hydrogen) atoms. The monoisotopic (exact) mass is 485 g/mol. The van der Waals surface area contributed by atoms with Gasteiger partial charge >= 0.3 is 0 Å². The van der Waals surface area contributed by atoms with Gasteiger partial charge in [0.1, 0.15) is 22.5 Å². The first-order valence-corrected chi connectivity index (χ1v) is 11.5. The molecule has 0 fully saturated rings. The van der Waals surface area contributed by atoms with Gasteiger partial charge in [-0.3, -0.25) is 0 Å². The maximum absolute atomic E-state index is 13.4. The maximum Gasteiger partial charge on any atom is 0.245 e. The number of imidazole rings is 1. The van der Waals surface area contributed by atoms with E-state index in [-0.39, 0.29) is 10.6 Å². The number of ether oxygens (including phenoxy) is 1. The number of hydrogen-bond donors (Lipinski definition) is 1. The molecule has 3 aromatic carbocycles. The van der Waals surface area contributed by atoms with Crippen LogP contribution in [0.1, 0.15) is 17.4 Å². The number of benzene rings is 3. The van der Waals surface area contributed by atoms with Gasteiger partial charge in [-0.1, -0.05) is 58.4 Å². The third-order valence-corrected chi connectivity index (χ3v) is 6.84. The number of nitrogens with zero attached hydrogens (tertiary/aromatic N) is 2. The number of nitrogens with one attached hydrogen (secondary N) is 1. The van der Waals surface area contributed by atoms with E-state index in [0.29, 0.717) is 10.3 Å². The van der Waals surface area contributed by atoms with Crippen molar-refractivity contribution in [2.75, 3.05) is 7.11 Å². The number of hydrogen-bond acceptors (Lipinski definition) is 4. The number of rotatable bonds is 6. The Bertz CT molecular complexity index is 1300. The van der Waals surface area contributed by atoms with E-state index in [4.69, 9.17) is 9.72 Å². The van der Waals surface area contributed by atoms with E-state index in [2.05, 4.69) is 20.7 Å². The summed E-state index contributed by atoms with van der Waals surface area (Å²) in [5.74, 6) is 0.863. The number of methoxy groups -OCH3 is 1. The molecule has 8 heteroatoms. The van der Waals surface area contributed by atoms with Crippen LogP contribution in [0.25, 0.3) is 11.0 Å². The lowest BCUT2D eigenvalue weighted by Gasteiger charge is -2.20. The lowest BCUT2D eigenvalue weighted by Crippen LogP contribution is -2.31. The summed E-state index contributed by atoms with van der Waals surface area (Å²) in [5.41, 5.74) is 2.51. The molecule has 1 aromatic heterocycles. The van der Waals surface area contributed by atoms with E-state index in [1.54, 1.807) is 12.1 Å². The molecule has 4 aromatic rings. The first kappa shape index (κ1) is 20.6. The summed E-state index contributed by atoms with van der Waals surface area (Å²) in [4.78, 5) is 4.78. The van der Waals surface area contributed by atoms with E-state index in [9.17, 15) is 8.42 Å². The largest absolute Gasteiger partial charge is 0.495 e. The topological polar surface area (TPSA) is 73.2 Å². The average Bonchev–Trinajstić information content (AvgIpc) is 3.09. The molecule has 0 aliphatic heterocycles. The van der Waals surface area contributed by atoms with Gasteiger partial charge in [0.25, 0.3) is 0 Å². The molecule has 154 valence electrons. The Labute approximate surface area is 183 Å². The van der Waals surface area contributed by atoms with E-state index >= 15 is 0 Å². The molecule has 1 heterocycles. The number of fused-ring (bicyclic) bond motifs is 1. The first-order chi connectivity index (χ1) is 14.4. The molecule has 1 atom stereocenters. The Morgan fingerprint density at radius 1 is 1.03 bits per heavy atom. The molecule has 0 unspecified atom stereocenters. The van der Waals surface area contributed by atoms with Crippen molar-refractivity contribution in [1.82, 2.24) is 14.3 Å². The zero-order chi connectivity index (χ0) is 21.3. The van der Waals surface area contributed by atoms with Gasteiger partial charge in [-0.2, -0.15) is 4.72 Å². The molecule has 0 bridgehead atoms. The zero-order valence-electron chi connectivity index (χ0n) is 16.4. The SMILES string of the molecule is COc1ccc(Br)cc1S(=O)(=O)N[C@@H](c1ccccc1)c1nc2ccccc2n1C. The molecule has 6 nitrogen and oxygen atoms in total. The molecule has 0 saturated carbocycles. The fourth-order valence-corrected chi connectivity index (χ4v) is 5.31. The quantitative estimate of drug-likeness (QED) is 0.438. The predicted molar refractivity (Wildman–Crippen MR) is 120 cm³/mol. The molecule has 0 saturated heterocycles. The summed E-state index contributed by atoms with van der Waals surface area (Å²) in [7, 11) is -0.603. The molecule has 0 spiro atoms. The highest BCUT2D eigenvalue weighted by atomic mass is 79.9. The molecule has 0 amide bonds. The Morgan fingerprint density at radius 3 is 2.43 bits per heavy atom. The van der Waals surface area contributed by atoms with Crippen molar-refractivity contribution in [1.29, 1.82) is 0 Å². The van der Waals surface area contributed by atoms with Crippen LogP contribution in [0.2, 0.25) is 0 Å². The lowest BCUT2D eigenvalue weighted by molar-refractivity contribution is 0.402. The van der Waals surface area contributed by atoms with Crippen molar-refractivity contribution in [3.05, 3.63) is 88.7 Å². The van der Waals surface area contributed by atoms with Crippen LogP contribution in [-0.4, -0.2) is 25.1 Å². The number of sulfonamides is 1. The van der Waals surface area contributed by atoms with Crippen molar-refractivity contribution in [3.63, 3.8) is 0 Å². The second kappa shape index (κ2) is 8.22. The van der Waals surface area contributed by atoms with Gasteiger partial charge in [0, 0.05) is 11.5 Å². The normalized spacial score (nSPS) is 12.8. The number of halogens is 1. The van der Waals surface area contributed by atoms with Crippen molar-refractivity contribution in [2.24, 2.45) is 7.05 Å². The van der Waals surface area contributed by atoms with Crippen LogP contribution in [0.4, 0.5) is 0 Å². The van der Waals surface area contributed by atoms with Gasteiger partial charge in [-0.25, -0.2) is 13.4 Å². The first-order valence-electron chi connectivity index (χ1n) is 9.23. The number of aryl methyl sites for hydroxylation is 1. The Hall–Kier alpha value is -2.68. The summed E-state index contributed by atoms with van der Waals surface area (Å²) in [6, 6.07) is 21.3. The highest BCUT2D eigenvalue weighted by Crippen LogP contribution is 2.31. The summed E-state index contributed by atoms with van der Waals surface area (Å²) < 4.78 is 37.5. The third-order valence-electron chi connectivity index (χ3n) is 4.90. The summed E-state index contributed by atoms with van der Waals surface area (Å²) >= 11 is 3.34. The predicted octanol–water partition coefficient (Wildman–Crippen LogP) is 4.41. The molecule has 4 rings (SSSR count). The highest BCUT2D eigenvalue weighted by Gasteiger charge is 2.29. The molecule has 1 N–H and O–H groups in total. The number of aromatic nitrogens is 2. The van der Waals surface area contributed by atoms with Crippen molar-refractivity contribution >= 4 is 37.0 Å². The summed E-state index contributed by atoms with van der Waals surface area (Å²) in [6.45, 7) is 0. The molecule has 0 aliphatic carbocycles. The standard InChI is InChI=1S/C22H20BrN3O3S/c1-26-18-11-7-6-10-17(18)24-22(26)21(15-8-4-3-5-9-15)25-30(27,28)20-14-16(23)12-13-19(20)29-2/h3-14,21,25H,1-2H3/t21-/m0/s1. The van der Waals surface area contributed by atoms with Gasteiger partial charge < -0.3 is 9.30 Å². The molecule has 0 radical (unpaired) electrons. The van der Waals surface area contributed by atoms with Crippen LogP contribution < -0.4 is 9.46 Å². The minimum Gasteiger partial charge on any atom is -0.495 e.